The number of rotatable bonds is 6. The SMILES string of the molecule is O=C(O)CN(C1CC1)C(c1cccs1)C1CC1. The fourth-order valence-electron chi connectivity index (χ4n) is 2.55. The van der Waals surface area contributed by atoms with E-state index in [0.717, 1.165) is 0 Å². The summed E-state index contributed by atoms with van der Waals surface area (Å²) in [5, 5.41) is 11.2. The van der Waals surface area contributed by atoms with Gasteiger partial charge in [-0.05, 0) is 43.0 Å². The van der Waals surface area contributed by atoms with Gasteiger partial charge in [0.05, 0.1) is 6.54 Å². The summed E-state index contributed by atoms with van der Waals surface area (Å²) in [5.41, 5.74) is 0. The summed E-state index contributed by atoms with van der Waals surface area (Å²) >= 11 is 1.77. The smallest absolute Gasteiger partial charge is 0.317 e. The lowest BCUT2D eigenvalue weighted by Gasteiger charge is -2.30. The highest BCUT2D eigenvalue weighted by molar-refractivity contribution is 7.10. The van der Waals surface area contributed by atoms with Gasteiger partial charge in [0.1, 0.15) is 0 Å². The van der Waals surface area contributed by atoms with Gasteiger partial charge in [-0.1, -0.05) is 6.07 Å². The number of hydrogen-bond donors (Lipinski definition) is 1. The Morgan fingerprint density at radius 2 is 2.24 bits per heavy atom. The number of nitrogens with zero attached hydrogens (tertiary/aromatic N) is 1. The molecular weight excluding hydrogens is 234 g/mol. The average Bonchev–Trinajstić information content (AvgIpc) is 3.17. The van der Waals surface area contributed by atoms with Crippen molar-refractivity contribution in [3.8, 4) is 0 Å². The predicted octanol–water partition coefficient (Wildman–Crippen LogP) is 2.75. The van der Waals surface area contributed by atoms with Gasteiger partial charge in [0.15, 0.2) is 0 Å². The van der Waals surface area contributed by atoms with Crippen LogP contribution < -0.4 is 0 Å². The fraction of sp³-hybridized carbons (Fsp3) is 0.615. The molecule has 0 bridgehead atoms. The van der Waals surface area contributed by atoms with Crippen LogP contribution in [0.4, 0.5) is 0 Å². The van der Waals surface area contributed by atoms with Gasteiger partial charge < -0.3 is 5.11 Å². The molecule has 17 heavy (non-hydrogen) atoms. The number of carbonyl (C=O) groups is 1. The largest absolute Gasteiger partial charge is 0.480 e. The van der Waals surface area contributed by atoms with Gasteiger partial charge in [-0.2, -0.15) is 0 Å². The van der Waals surface area contributed by atoms with Gasteiger partial charge in [-0.15, -0.1) is 11.3 Å². The predicted molar refractivity (Wildman–Crippen MR) is 67.1 cm³/mol. The Morgan fingerprint density at radius 1 is 1.47 bits per heavy atom. The lowest BCUT2D eigenvalue weighted by atomic mass is 10.1. The van der Waals surface area contributed by atoms with E-state index in [1.807, 2.05) is 0 Å². The van der Waals surface area contributed by atoms with Crippen LogP contribution in [0.2, 0.25) is 0 Å². The molecule has 1 unspecified atom stereocenters. The summed E-state index contributed by atoms with van der Waals surface area (Å²) in [5.74, 6) is -0.00675. The highest BCUT2D eigenvalue weighted by Gasteiger charge is 2.43. The van der Waals surface area contributed by atoms with Gasteiger partial charge in [-0.25, -0.2) is 0 Å². The van der Waals surface area contributed by atoms with Crippen LogP contribution in [-0.2, 0) is 4.79 Å². The van der Waals surface area contributed by atoms with Crippen LogP contribution in [-0.4, -0.2) is 28.6 Å². The van der Waals surface area contributed by atoms with Crippen LogP contribution >= 0.6 is 11.3 Å². The van der Waals surface area contributed by atoms with Gasteiger partial charge in [0.2, 0.25) is 0 Å². The van der Waals surface area contributed by atoms with Crippen molar-refractivity contribution in [2.24, 2.45) is 5.92 Å². The van der Waals surface area contributed by atoms with E-state index in [2.05, 4.69) is 22.4 Å². The van der Waals surface area contributed by atoms with Gasteiger partial charge in [-0.3, -0.25) is 9.69 Å². The molecule has 0 radical (unpaired) electrons. The zero-order valence-corrected chi connectivity index (χ0v) is 10.5. The van der Waals surface area contributed by atoms with Crippen LogP contribution in [0, 0.1) is 5.92 Å². The second-order valence-corrected chi connectivity index (χ2v) is 6.07. The quantitative estimate of drug-likeness (QED) is 0.845. The summed E-state index contributed by atoms with van der Waals surface area (Å²) in [6.45, 7) is 0.198. The summed E-state index contributed by atoms with van der Waals surface area (Å²) in [4.78, 5) is 14.6. The summed E-state index contributed by atoms with van der Waals surface area (Å²) in [6.07, 6.45) is 4.85. The third-order valence-electron chi connectivity index (χ3n) is 3.59. The first kappa shape index (κ1) is 11.2. The Hall–Kier alpha value is -0.870. The standard InChI is InChI=1S/C13H17NO2S/c15-12(16)8-14(10-5-6-10)13(9-3-4-9)11-2-1-7-17-11/h1-2,7,9-10,13H,3-6,8H2,(H,15,16). The molecule has 0 amide bonds. The number of aliphatic carboxylic acids is 1. The van der Waals surface area contributed by atoms with E-state index in [-0.39, 0.29) is 6.54 Å². The maximum atomic E-state index is 11.0. The van der Waals surface area contributed by atoms with E-state index < -0.39 is 5.97 Å². The summed E-state index contributed by atoms with van der Waals surface area (Å²) < 4.78 is 0. The Bertz CT molecular complexity index is 396. The Kier molecular flexibility index (Phi) is 2.92. The minimum absolute atomic E-state index is 0.198. The van der Waals surface area contributed by atoms with Gasteiger partial charge in [0.25, 0.3) is 0 Å². The minimum atomic E-state index is -0.695. The molecule has 0 aliphatic heterocycles. The van der Waals surface area contributed by atoms with Crippen LogP contribution in [0.15, 0.2) is 17.5 Å². The van der Waals surface area contributed by atoms with E-state index in [9.17, 15) is 4.79 Å². The number of carboxylic acids is 1. The maximum absolute atomic E-state index is 11.0. The second kappa shape index (κ2) is 4.42. The van der Waals surface area contributed by atoms with Crippen LogP contribution in [0.5, 0.6) is 0 Å². The zero-order valence-electron chi connectivity index (χ0n) is 9.71. The fourth-order valence-corrected chi connectivity index (χ4v) is 3.49. The Morgan fingerprint density at radius 3 is 2.71 bits per heavy atom. The normalized spacial score (nSPS) is 21.7. The molecule has 1 N–H and O–H groups in total. The van der Waals surface area contributed by atoms with E-state index in [4.69, 9.17) is 5.11 Å². The number of carboxylic acid groups (broad SMARTS) is 1. The molecule has 3 rings (SSSR count). The zero-order chi connectivity index (χ0) is 11.8. The highest BCUT2D eigenvalue weighted by atomic mass is 32.1. The molecular formula is C13H17NO2S. The Labute approximate surface area is 105 Å². The number of thiophene rings is 1. The topological polar surface area (TPSA) is 40.5 Å². The molecule has 4 heteroatoms. The van der Waals surface area contributed by atoms with E-state index in [1.54, 1.807) is 11.3 Å². The lowest BCUT2D eigenvalue weighted by Crippen LogP contribution is -2.36. The van der Waals surface area contributed by atoms with Crippen LogP contribution in [0.3, 0.4) is 0 Å². The highest BCUT2D eigenvalue weighted by Crippen LogP contribution is 2.48. The van der Waals surface area contributed by atoms with E-state index >= 15 is 0 Å². The molecule has 0 spiro atoms. The first-order valence-electron chi connectivity index (χ1n) is 6.26. The molecule has 2 aliphatic rings. The van der Waals surface area contributed by atoms with Crippen LogP contribution in [0.1, 0.15) is 36.6 Å². The molecule has 1 heterocycles. The average molecular weight is 251 g/mol. The van der Waals surface area contributed by atoms with E-state index in [1.165, 1.54) is 30.6 Å². The van der Waals surface area contributed by atoms with Crippen LogP contribution in [0.25, 0.3) is 0 Å². The molecule has 3 nitrogen and oxygen atoms in total. The van der Waals surface area contributed by atoms with Crippen molar-refractivity contribution >= 4 is 17.3 Å². The first-order valence-corrected chi connectivity index (χ1v) is 7.14. The van der Waals surface area contributed by atoms with E-state index in [0.29, 0.717) is 18.0 Å². The molecule has 1 aromatic heterocycles. The second-order valence-electron chi connectivity index (χ2n) is 5.09. The Balaban J connectivity index is 1.82. The van der Waals surface area contributed by atoms with Crippen molar-refractivity contribution in [3.05, 3.63) is 22.4 Å². The van der Waals surface area contributed by atoms with Crippen molar-refractivity contribution in [1.82, 2.24) is 4.90 Å². The molecule has 0 aromatic carbocycles. The minimum Gasteiger partial charge on any atom is -0.480 e. The molecule has 92 valence electrons. The van der Waals surface area contributed by atoms with Crippen molar-refractivity contribution in [2.75, 3.05) is 6.54 Å². The third kappa shape index (κ3) is 2.53. The molecule has 2 saturated carbocycles. The molecule has 2 fully saturated rings. The van der Waals surface area contributed by atoms with Gasteiger partial charge >= 0.3 is 5.97 Å². The van der Waals surface area contributed by atoms with Crippen molar-refractivity contribution in [2.45, 2.75) is 37.8 Å². The summed E-state index contributed by atoms with van der Waals surface area (Å²) in [7, 11) is 0. The van der Waals surface area contributed by atoms with Crippen molar-refractivity contribution < 1.29 is 9.90 Å². The maximum Gasteiger partial charge on any atom is 0.317 e. The van der Waals surface area contributed by atoms with Crippen molar-refractivity contribution in [3.63, 3.8) is 0 Å². The van der Waals surface area contributed by atoms with Crippen molar-refractivity contribution in [1.29, 1.82) is 0 Å². The lowest BCUT2D eigenvalue weighted by molar-refractivity contribution is -0.139. The molecule has 0 saturated heterocycles. The first-order chi connectivity index (χ1) is 8.25. The summed E-state index contributed by atoms with van der Waals surface area (Å²) in [6, 6.07) is 5.10. The number of hydrogen-bond acceptors (Lipinski definition) is 3. The van der Waals surface area contributed by atoms with Gasteiger partial charge in [0, 0.05) is 17.0 Å². The monoisotopic (exact) mass is 251 g/mol. The third-order valence-corrected chi connectivity index (χ3v) is 4.54. The molecule has 2 aliphatic carbocycles. The molecule has 1 aromatic rings. The molecule has 1 atom stereocenters.